The standard InChI is InChI=1S/C16H22N2O/c1-6-16(7-2,8-3)18-15(19)17-14-11-12(4)9-10-13(14)5/h1,9-11H,7-8H2,2-5H3,(H2,17,18,19). The highest BCUT2D eigenvalue weighted by atomic mass is 16.2. The molecule has 0 radical (unpaired) electrons. The summed E-state index contributed by atoms with van der Waals surface area (Å²) in [6.45, 7) is 7.90. The zero-order chi connectivity index (χ0) is 14.5. The maximum Gasteiger partial charge on any atom is 0.320 e. The number of hydrogen-bond donors (Lipinski definition) is 2. The van der Waals surface area contributed by atoms with E-state index < -0.39 is 5.54 Å². The molecule has 0 saturated heterocycles. The molecule has 102 valence electrons. The van der Waals surface area contributed by atoms with Gasteiger partial charge < -0.3 is 10.6 Å². The molecule has 0 saturated carbocycles. The molecule has 0 fully saturated rings. The van der Waals surface area contributed by atoms with Crippen molar-refractivity contribution in [2.24, 2.45) is 0 Å². The molecule has 1 aromatic carbocycles. The predicted octanol–water partition coefficient (Wildman–Crippen LogP) is 3.62. The summed E-state index contributed by atoms with van der Waals surface area (Å²) >= 11 is 0. The SMILES string of the molecule is C#CC(CC)(CC)NC(=O)Nc1cc(C)ccc1C. The van der Waals surface area contributed by atoms with Crippen LogP contribution in [0, 0.1) is 26.2 Å². The molecule has 3 heteroatoms. The van der Waals surface area contributed by atoms with Crippen molar-refractivity contribution in [1.82, 2.24) is 5.32 Å². The third-order valence-corrected chi connectivity index (χ3v) is 3.48. The lowest BCUT2D eigenvalue weighted by atomic mass is 9.94. The molecule has 19 heavy (non-hydrogen) atoms. The first kappa shape index (κ1) is 15.1. The number of terminal acetylenes is 1. The number of amides is 2. The van der Waals surface area contributed by atoms with E-state index in [-0.39, 0.29) is 6.03 Å². The van der Waals surface area contributed by atoms with Gasteiger partial charge in [-0.3, -0.25) is 0 Å². The Hall–Kier alpha value is -1.95. The minimum absolute atomic E-state index is 0.254. The number of carbonyl (C=O) groups excluding carboxylic acids is 1. The van der Waals surface area contributed by atoms with E-state index in [2.05, 4.69) is 16.6 Å². The van der Waals surface area contributed by atoms with Gasteiger partial charge in [0.15, 0.2) is 0 Å². The largest absolute Gasteiger partial charge is 0.322 e. The van der Waals surface area contributed by atoms with Crippen LogP contribution in [0.3, 0.4) is 0 Å². The van der Waals surface area contributed by atoms with E-state index in [4.69, 9.17) is 6.42 Å². The Labute approximate surface area is 115 Å². The van der Waals surface area contributed by atoms with Crippen molar-refractivity contribution in [3.05, 3.63) is 29.3 Å². The quantitative estimate of drug-likeness (QED) is 0.796. The molecule has 0 spiro atoms. The molecule has 1 rings (SSSR count). The Bertz CT molecular complexity index is 496. The van der Waals surface area contributed by atoms with Crippen LogP contribution in [-0.4, -0.2) is 11.6 Å². The van der Waals surface area contributed by atoms with E-state index in [0.717, 1.165) is 16.8 Å². The van der Waals surface area contributed by atoms with Gasteiger partial charge in [0.2, 0.25) is 0 Å². The zero-order valence-electron chi connectivity index (χ0n) is 12.1. The summed E-state index contributed by atoms with van der Waals surface area (Å²) in [6.07, 6.45) is 6.95. The molecule has 0 unspecified atom stereocenters. The van der Waals surface area contributed by atoms with Gasteiger partial charge in [0, 0.05) is 5.69 Å². The molecule has 2 amide bonds. The van der Waals surface area contributed by atoms with Gasteiger partial charge in [0.1, 0.15) is 5.54 Å². The van der Waals surface area contributed by atoms with Crippen LogP contribution < -0.4 is 10.6 Å². The lowest BCUT2D eigenvalue weighted by Gasteiger charge is -2.27. The minimum atomic E-state index is -0.568. The Morgan fingerprint density at radius 2 is 1.95 bits per heavy atom. The highest BCUT2D eigenvalue weighted by molar-refractivity contribution is 5.91. The predicted molar refractivity (Wildman–Crippen MR) is 80.2 cm³/mol. The molecule has 1 aromatic rings. The van der Waals surface area contributed by atoms with Crippen molar-refractivity contribution in [3.63, 3.8) is 0 Å². The first-order chi connectivity index (χ1) is 8.96. The van der Waals surface area contributed by atoms with E-state index in [1.54, 1.807) is 0 Å². The molecule has 2 N–H and O–H groups in total. The van der Waals surface area contributed by atoms with Crippen molar-refractivity contribution in [3.8, 4) is 12.3 Å². The summed E-state index contributed by atoms with van der Waals surface area (Å²) in [5.41, 5.74) is 2.38. The second kappa shape index (κ2) is 6.29. The van der Waals surface area contributed by atoms with Crippen molar-refractivity contribution >= 4 is 11.7 Å². The molecule has 0 aromatic heterocycles. The maximum atomic E-state index is 12.1. The fourth-order valence-corrected chi connectivity index (χ4v) is 1.91. The number of anilines is 1. The molecule has 0 heterocycles. The van der Waals surface area contributed by atoms with Gasteiger partial charge in [-0.15, -0.1) is 6.42 Å². The normalized spacial score (nSPS) is 10.7. The summed E-state index contributed by atoms with van der Waals surface area (Å²) in [7, 11) is 0. The molecule has 0 aliphatic heterocycles. The monoisotopic (exact) mass is 258 g/mol. The van der Waals surface area contributed by atoms with Crippen LogP contribution >= 0.6 is 0 Å². The van der Waals surface area contributed by atoms with E-state index in [1.807, 2.05) is 45.9 Å². The average molecular weight is 258 g/mol. The Balaban J connectivity index is 2.81. The van der Waals surface area contributed by atoms with Gasteiger partial charge >= 0.3 is 6.03 Å². The van der Waals surface area contributed by atoms with Gasteiger partial charge in [-0.05, 0) is 43.9 Å². The first-order valence-corrected chi connectivity index (χ1v) is 6.60. The van der Waals surface area contributed by atoms with Crippen LogP contribution in [0.2, 0.25) is 0 Å². The fraction of sp³-hybridized carbons (Fsp3) is 0.438. The number of nitrogens with one attached hydrogen (secondary N) is 2. The van der Waals surface area contributed by atoms with Crippen LogP contribution in [-0.2, 0) is 0 Å². The topological polar surface area (TPSA) is 41.1 Å². The Kier molecular flexibility index (Phi) is 5.00. The summed E-state index contributed by atoms with van der Waals surface area (Å²) in [4.78, 5) is 12.1. The number of benzene rings is 1. The van der Waals surface area contributed by atoms with Gasteiger partial charge in [0.05, 0.1) is 0 Å². The van der Waals surface area contributed by atoms with Crippen LogP contribution in [0.15, 0.2) is 18.2 Å². The number of hydrogen-bond acceptors (Lipinski definition) is 1. The second-order valence-corrected chi connectivity index (χ2v) is 4.83. The van der Waals surface area contributed by atoms with Crippen LogP contribution in [0.1, 0.15) is 37.8 Å². The zero-order valence-corrected chi connectivity index (χ0v) is 12.1. The molecule has 0 aliphatic carbocycles. The average Bonchev–Trinajstić information content (AvgIpc) is 2.40. The van der Waals surface area contributed by atoms with Crippen LogP contribution in [0.25, 0.3) is 0 Å². The minimum Gasteiger partial charge on any atom is -0.322 e. The molecule has 0 atom stereocenters. The first-order valence-electron chi connectivity index (χ1n) is 6.60. The lowest BCUT2D eigenvalue weighted by Crippen LogP contribution is -2.48. The fourth-order valence-electron chi connectivity index (χ4n) is 1.91. The van der Waals surface area contributed by atoms with Crippen molar-refractivity contribution in [1.29, 1.82) is 0 Å². The molecular weight excluding hydrogens is 236 g/mol. The second-order valence-electron chi connectivity index (χ2n) is 4.83. The van der Waals surface area contributed by atoms with Gasteiger partial charge in [0.25, 0.3) is 0 Å². The maximum absolute atomic E-state index is 12.1. The van der Waals surface area contributed by atoms with Crippen molar-refractivity contribution in [2.45, 2.75) is 46.1 Å². The number of urea groups is 1. The van der Waals surface area contributed by atoms with Crippen molar-refractivity contribution < 1.29 is 4.79 Å². The highest BCUT2D eigenvalue weighted by Crippen LogP contribution is 2.18. The van der Waals surface area contributed by atoms with Gasteiger partial charge in [-0.2, -0.15) is 0 Å². The molecule has 3 nitrogen and oxygen atoms in total. The smallest absolute Gasteiger partial charge is 0.320 e. The summed E-state index contributed by atoms with van der Waals surface area (Å²) in [5, 5.41) is 5.75. The molecule has 0 bridgehead atoms. The highest BCUT2D eigenvalue weighted by Gasteiger charge is 2.25. The van der Waals surface area contributed by atoms with E-state index in [1.165, 1.54) is 0 Å². The van der Waals surface area contributed by atoms with Gasteiger partial charge in [-0.1, -0.05) is 31.9 Å². The number of rotatable bonds is 4. The number of aryl methyl sites for hydroxylation is 2. The summed E-state index contributed by atoms with van der Waals surface area (Å²) in [6, 6.07) is 5.70. The van der Waals surface area contributed by atoms with E-state index in [0.29, 0.717) is 12.8 Å². The van der Waals surface area contributed by atoms with E-state index in [9.17, 15) is 4.79 Å². The molecular formula is C16H22N2O. The third-order valence-electron chi connectivity index (χ3n) is 3.48. The lowest BCUT2D eigenvalue weighted by molar-refractivity contribution is 0.242. The van der Waals surface area contributed by atoms with E-state index >= 15 is 0 Å². The van der Waals surface area contributed by atoms with Gasteiger partial charge in [-0.25, -0.2) is 4.79 Å². The third kappa shape index (κ3) is 3.75. The van der Waals surface area contributed by atoms with Crippen molar-refractivity contribution in [2.75, 3.05) is 5.32 Å². The van der Waals surface area contributed by atoms with Crippen LogP contribution in [0.4, 0.5) is 10.5 Å². The van der Waals surface area contributed by atoms with Crippen LogP contribution in [0.5, 0.6) is 0 Å². The summed E-state index contributed by atoms with van der Waals surface area (Å²) < 4.78 is 0. The molecule has 0 aliphatic rings. The Morgan fingerprint density at radius 3 is 2.47 bits per heavy atom. The number of carbonyl (C=O) groups is 1. The summed E-state index contributed by atoms with van der Waals surface area (Å²) in [5.74, 6) is 2.69. The Morgan fingerprint density at radius 1 is 1.32 bits per heavy atom.